The lowest BCUT2D eigenvalue weighted by atomic mass is 9.86. The van der Waals surface area contributed by atoms with E-state index in [1.54, 1.807) is 0 Å². The summed E-state index contributed by atoms with van der Waals surface area (Å²) in [5, 5.41) is 12.5. The zero-order valence-corrected chi connectivity index (χ0v) is 21.0. The maximum atomic E-state index is 12.9. The van der Waals surface area contributed by atoms with Gasteiger partial charge in [0.2, 0.25) is 11.8 Å². The summed E-state index contributed by atoms with van der Waals surface area (Å²) in [5.74, 6) is -0.0301. The number of benzene rings is 2. The standard InChI is InChI=1S/C30H36N2O3/c1-30(2,3)29(35)31-24(20-33)14-15-27(34)32-18-16-23(17-19-32)28-25-10-6-4-8-21(25)12-13-22-9-5-7-11-26(22)28/h4-13,24,33H,14-20H2,1-3H3,(H,31,35)/t24-/m1/s1. The minimum atomic E-state index is -0.529. The number of fused-ring (bicyclic) bond motifs is 2. The highest BCUT2D eigenvalue weighted by molar-refractivity contribution is 5.95. The molecule has 2 aliphatic rings. The van der Waals surface area contributed by atoms with Gasteiger partial charge >= 0.3 is 0 Å². The summed E-state index contributed by atoms with van der Waals surface area (Å²) in [4.78, 5) is 27.1. The van der Waals surface area contributed by atoms with E-state index in [9.17, 15) is 14.7 Å². The monoisotopic (exact) mass is 472 g/mol. The Balaban J connectivity index is 1.45. The molecule has 0 aromatic heterocycles. The van der Waals surface area contributed by atoms with E-state index in [0.29, 0.717) is 25.9 Å². The van der Waals surface area contributed by atoms with Crippen molar-refractivity contribution in [1.82, 2.24) is 10.2 Å². The summed E-state index contributed by atoms with van der Waals surface area (Å²) in [6.07, 6.45) is 6.82. The molecular weight excluding hydrogens is 436 g/mol. The maximum Gasteiger partial charge on any atom is 0.225 e. The molecular formula is C30H36N2O3. The second-order valence-electron chi connectivity index (χ2n) is 10.5. The van der Waals surface area contributed by atoms with E-state index >= 15 is 0 Å². The van der Waals surface area contributed by atoms with E-state index < -0.39 is 11.5 Å². The Morgan fingerprint density at radius 3 is 2.00 bits per heavy atom. The van der Waals surface area contributed by atoms with E-state index in [2.05, 4.69) is 66.0 Å². The van der Waals surface area contributed by atoms with Crippen molar-refractivity contribution in [1.29, 1.82) is 0 Å². The number of aliphatic hydroxyl groups excluding tert-OH is 1. The molecule has 0 unspecified atom stereocenters. The van der Waals surface area contributed by atoms with E-state index in [0.717, 1.165) is 12.8 Å². The number of likely N-dealkylation sites (tertiary alicyclic amines) is 1. The van der Waals surface area contributed by atoms with Crippen LogP contribution in [0.15, 0.2) is 54.1 Å². The molecule has 184 valence electrons. The molecule has 1 aliphatic heterocycles. The van der Waals surface area contributed by atoms with Crippen LogP contribution in [0.4, 0.5) is 0 Å². The van der Waals surface area contributed by atoms with Gasteiger partial charge in [0.25, 0.3) is 0 Å². The number of carbonyl (C=O) groups excluding carboxylic acids is 2. The number of piperidine rings is 1. The average molecular weight is 473 g/mol. The van der Waals surface area contributed by atoms with Crippen molar-refractivity contribution < 1.29 is 14.7 Å². The van der Waals surface area contributed by atoms with Crippen molar-refractivity contribution >= 4 is 29.5 Å². The first-order valence-corrected chi connectivity index (χ1v) is 12.6. The maximum absolute atomic E-state index is 12.9. The first-order chi connectivity index (χ1) is 16.8. The quantitative estimate of drug-likeness (QED) is 0.555. The van der Waals surface area contributed by atoms with Gasteiger partial charge in [-0.15, -0.1) is 0 Å². The predicted octanol–water partition coefficient (Wildman–Crippen LogP) is 4.90. The lowest BCUT2D eigenvalue weighted by molar-refractivity contribution is -0.133. The van der Waals surface area contributed by atoms with Crippen LogP contribution in [-0.4, -0.2) is 47.6 Å². The van der Waals surface area contributed by atoms with Crippen LogP contribution in [0.1, 0.15) is 68.7 Å². The third kappa shape index (κ3) is 5.73. The zero-order chi connectivity index (χ0) is 25.0. The molecule has 5 nitrogen and oxygen atoms in total. The van der Waals surface area contributed by atoms with Gasteiger partial charge in [-0.2, -0.15) is 0 Å². The number of rotatable bonds is 5. The van der Waals surface area contributed by atoms with Gasteiger partial charge in [0.1, 0.15) is 0 Å². The topological polar surface area (TPSA) is 69.6 Å². The fourth-order valence-corrected chi connectivity index (χ4v) is 4.79. The third-order valence-electron chi connectivity index (χ3n) is 6.92. The van der Waals surface area contributed by atoms with E-state index in [1.165, 1.54) is 33.4 Å². The molecule has 2 amide bonds. The Morgan fingerprint density at radius 2 is 1.49 bits per heavy atom. The summed E-state index contributed by atoms with van der Waals surface area (Å²) < 4.78 is 0. The van der Waals surface area contributed by atoms with Crippen LogP contribution in [0.2, 0.25) is 0 Å². The Kier molecular flexibility index (Phi) is 7.56. The molecule has 35 heavy (non-hydrogen) atoms. The first-order valence-electron chi connectivity index (χ1n) is 12.6. The van der Waals surface area contributed by atoms with Gasteiger partial charge in [-0.25, -0.2) is 0 Å². The summed E-state index contributed by atoms with van der Waals surface area (Å²) in [6, 6.07) is 16.6. The number of aliphatic hydroxyl groups is 1. The number of carbonyl (C=O) groups is 2. The minimum absolute atomic E-state index is 0.0841. The molecule has 1 saturated heterocycles. The molecule has 2 aromatic carbocycles. The molecule has 1 aliphatic carbocycles. The van der Waals surface area contributed by atoms with Crippen molar-refractivity contribution in [2.45, 2.75) is 52.5 Å². The van der Waals surface area contributed by atoms with Crippen molar-refractivity contribution in [3.63, 3.8) is 0 Å². The van der Waals surface area contributed by atoms with E-state index in [4.69, 9.17) is 0 Å². The SMILES string of the molecule is CC(C)(C)C(=O)N[C@@H](CO)CCC(=O)N1CCC(=C2c3ccccc3C=Cc3ccccc32)CC1. The van der Waals surface area contributed by atoms with E-state index in [1.807, 2.05) is 25.7 Å². The van der Waals surface area contributed by atoms with Gasteiger partial charge in [-0.1, -0.05) is 87.0 Å². The fraction of sp³-hybridized carbons (Fsp3) is 0.400. The molecule has 2 N–H and O–H groups in total. The fourth-order valence-electron chi connectivity index (χ4n) is 4.79. The average Bonchev–Trinajstić information content (AvgIpc) is 3.02. The molecule has 1 heterocycles. The second kappa shape index (κ2) is 10.6. The number of hydrogen-bond acceptors (Lipinski definition) is 3. The molecule has 0 radical (unpaired) electrons. The molecule has 1 fully saturated rings. The Labute approximate surface area is 208 Å². The van der Waals surface area contributed by atoms with Crippen molar-refractivity contribution in [3.8, 4) is 0 Å². The molecule has 1 atom stereocenters. The highest BCUT2D eigenvalue weighted by Crippen LogP contribution is 2.38. The van der Waals surface area contributed by atoms with Crippen LogP contribution >= 0.6 is 0 Å². The highest BCUT2D eigenvalue weighted by atomic mass is 16.3. The zero-order valence-electron chi connectivity index (χ0n) is 21.0. The van der Waals surface area contributed by atoms with Gasteiger partial charge in [0.05, 0.1) is 12.6 Å². The Morgan fingerprint density at radius 1 is 0.943 bits per heavy atom. The molecule has 0 spiro atoms. The third-order valence-corrected chi connectivity index (χ3v) is 6.92. The van der Waals surface area contributed by atoms with Crippen molar-refractivity contribution in [2.75, 3.05) is 19.7 Å². The molecule has 2 aromatic rings. The van der Waals surface area contributed by atoms with Gasteiger partial charge in [0.15, 0.2) is 0 Å². The predicted molar refractivity (Wildman–Crippen MR) is 141 cm³/mol. The summed E-state index contributed by atoms with van der Waals surface area (Å²) in [7, 11) is 0. The largest absolute Gasteiger partial charge is 0.394 e. The van der Waals surface area contributed by atoms with E-state index in [-0.39, 0.29) is 18.4 Å². The van der Waals surface area contributed by atoms with Gasteiger partial charge < -0.3 is 15.3 Å². The van der Waals surface area contributed by atoms with Crippen LogP contribution in [0.25, 0.3) is 17.7 Å². The minimum Gasteiger partial charge on any atom is -0.394 e. The smallest absolute Gasteiger partial charge is 0.225 e. The van der Waals surface area contributed by atoms with Crippen LogP contribution in [-0.2, 0) is 9.59 Å². The van der Waals surface area contributed by atoms with Crippen molar-refractivity contribution in [3.05, 3.63) is 76.4 Å². The molecule has 0 saturated carbocycles. The summed E-state index contributed by atoms with van der Waals surface area (Å²) >= 11 is 0. The number of nitrogens with zero attached hydrogens (tertiary/aromatic N) is 1. The van der Waals surface area contributed by atoms with Crippen LogP contribution < -0.4 is 5.32 Å². The van der Waals surface area contributed by atoms with Gasteiger partial charge in [-0.3, -0.25) is 9.59 Å². The summed E-state index contributed by atoms with van der Waals surface area (Å²) in [5.41, 5.74) is 7.11. The normalized spacial score (nSPS) is 16.3. The summed E-state index contributed by atoms with van der Waals surface area (Å²) in [6.45, 7) is 6.72. The van der Waals surface area contributed by atoms with Crippen molar-refractivity contribution in [2.24, 2.45) is 5.41 Å². The first kappa shape index (κ1) is 24.9. The van der Waals surface area contributed by atoms with Crippen LogP contribution in [0.5, 0.6) is 0 Å². The number of nitrogens with one attached hydrogen (secondary N) is 1. The molecule has 0 bridgehead atoms. The molecule has 5 heteroatoms. The number of amides is 2. The second-order valence-corrected chi connectivity index (χ2v) is 10.5. The molecule has 4 rings (SSSR count). The van der Waals surface area contributed by atoms with Gasteiger partial charge in [-0.05, 0) is 47.1 Å². The van der Waals surface area contributed by atoms with Gasteiger partial charge in [0, 0.05) is 24.9 Å². The Hall–Kier alpha value is -3.18. The van der Waals surface area contributed by atoms with Crippen LogP contribution in [0, 0.1) is 5.41 Å². The lowest BCUT2D eigenvalue weighted by Gasteiger charge is -2.31. The Bertz CT molecular complexity index is 1090. The lowest BCUT2D eigenvalue weighted by Crippen LogP contribution is -2.44. The van der Waals surface area contributed by atoms with Crippen LogP contribution in [0.3, 0.4) is 0 Å². The highest BCUT2D eigenvalue weighted by Gasteiger charge is 2.27. The number of hydrogen-bond donors (Lipinski definition) is 2.